The quantitative estimate of drug-likeness (QED) is 0.0753. The number of ether oxygens (including phenoxy) is 1. The molecule has 5 aliphatic rings. The Balaban J connectivity index is 0.695. The molecule has 2 aromatic carbocycles. The molecular formula is C49H65N9O8S. The van der Waals surface area contributed by atoms with Crippen LogP contribution in [0.4, 0.5) is 11.5 Å². The Morgan fingerprint density at radius 1 is 0.836 bits per heavy atom. The summed E-state index contributed by atoms with van der Waals surface area (Å²) in [7, 11) is -3.16. The van der Waals surface area contributed by atoms with Crippen molar-refractivity contribution in [3.63, 3.8) is 0 Å². The van der Waals surface area contributed by atoms with E-state index < -0.39 is 39.7 Å². The van der Waals surface area contributed by atoms with Crippen LogP contribution in [0.1, 0.15) is 134 Å². The second kappa shape index (κ2) is 21.7. The maximum Gasteiger partial charge on any atom is 0.264 e. The van der Waals surface area contributed by atoms with E-state index in [1.807, 2.05) is 12.1 Å². The fourth-order valence-electron chi connectivity index (χ4n) is 10.5. The van der Waals surface area contributed by atoms with Crippen molar-refractivity contribution < 1.29 is 37.1 Å². The molecule has 17 nitrogen and oxygen atoms in total. The maximum absolute atomic E-state index is 13.4. The van der Waals surface area contributed by atoms with Gasteiger partial charge in [-0.15, -0.1) is 0 Å². The highest BCUT2D eigenvalue weighted by Gasteiger charge is 2.47. The number of amides is 5. The van der Waals surface area contributed by atoms with E-state index in [2.05, 4.69) is 40.4 Å². The first kappa shape index (κ1) is 48.0. The van der Waals surface area contributed by atoms with Crippen LogP contribution in [0.5, 0.6) is 11.5 Å². The van der Waals surface area contributed by atoms with Crippen molar-refractivity contribution >= 4 is 51.1 Å². The first-order valence-electron chi connectivity index (χ1n) is 24.2. The molecule has 4 N–H and O–H groups in total. The zero-order chi connectivity index (χ0) is 47.0. The topological polar surface area (TPSA) is 212 Å². The Morgan fingerprint density at radius 2 is 1.54 bits per heavy atom. The molecule has 1 saturated carbocycles. The van der Waals surface area contributed by atoms with E-state index in [1.165, 1.54) is 6.26 Å². The van der Waals surface area contributed by atoms with Crippen LogP contribution in [0.3, 0.4) is 0 Å². The molecule has 5 amide bonds. The van der Waals surface area contributed by atoms with Crippen molar-refractivity contribution in [3.05, 3.63) is 71.7 Å². The van der Waals surface area contributed by atoms with Gasteiger partial charge in [-0.25, -0.2) is 23.1 Å². The third kappa shape index (κ3) is 12.0. The standard InChI is InChI=1S/C49H65N9O8S/c1-67(64,65)55-35-19-17-34(18-20-35)30-56-27-23-49(24-28-56)31-57(32-49)44-41(29-50-33-53-44)66-40-16-9-8-13-36(40)45(60)52-26-11-7-5-3-2-4-6-10-25-51-38-15-12-14-37-43(38)48(63)58(47(37)62)39-21-22-42(59)54-46(39)61/h8-9,12-16,29,33-35,39,51,55H,2-7,10-11,17-28,30-32H2,1H3,(H,52,60)(H,54,59,61). The summed E-state index contributed by atoms with van der Waals surface area (Å²) in [6.07, 6.45) is 19.0. The molecule has 3 saturated heterocycles. The number of aromatic nitrogens is 2. The second-order valence-corrected chi connectivity index (χ2v) is 21.0. The van der Waals surface area contributed by atoms with Gasteiger partial charge in [-0.3, -0.25) is 34.2 Å². The van der Waals surface area contributed by atoms with Crippen LogP contribution in [0.25, 0.3) is 0 Å². The molecule has 0 bridgehead atoms. The molecule has 1 aromatic heterocycles. The fourth-order valence-corrected chi connectivity index (χ4v) is 11.4. The number of unbranched alkanes of at least 4 members (excludes halogenated alkanes) is 7. The molecule has 1 unspecified atom stereocenters. The van der Waals surface area contributed by atoms with E-state index in [0.29, 0.717) is 41.8 Å². The highest BCUT2D eigenvalue weighted by atomic mass is 32.2. The minimum absolute atomic E-state index is 0.0700. The van der Waals surface area contributed by atoms with Crippen molar-refractivity contribution in [2.45, 2.75) is 115 Å². The number of sulfonamides is 1. The summed E-state index contributed by atoms with van der Waals surface area (Å²) in [5, 5.41) is 8.63. The minimum atomic E-state index is -3.16. The van der Waals surface area contributed by atoms with Gasteiger partial charge in [0.25, 0.3) is 17.7 Å². The molecule has 18 heteroatoms. The number of carbonyl (C=O) groups is 5. The predicted octanol–water partition coefficient (Wildman–Crippen LogP) is 5.64. The van der Waals surface area contributed by atoms with Crippen LogP contribution in [-0.2, 0) is 19.6 Å². The van der Waals surface area contributed by atoms with E-state index in [4.69, 9.17) is 4.74 Å². The lowest BCUT2D eigenvalue weighted by molar-refractivity contribution is -0.136. The Bertz CT molecular complexity index is 2390. The highest BCUT2D eigenvalue weighted by molar-refractivity contribution is 7.88. The highest BCUT2D eigenvalue weighted by Crippen LogP contribution is 2.45. The lowest BCUT2D eigenvalue weighted by Gasteiger charge is -2.54. The van der Waals surface area contributed by atoms with Gasteiger partial charge in [0.05, 0.1) is 29.1 Å². The van der Waals surface area contributed by atoms with Gasteiger partial charge in [-0.05, 0) is 101 Å². The third-order valence-electron chi connectivity index (χ3n) is 14.2. The van der Waals surface area contributed by atoms with Crippen LogP contribution in [-0.4, -0.2) is 122 Å². The summed E-state index contributed by atoms with van der Waals surface area (Å²) >= 11 is 0. The number of carbonyl (C=O) groups excluding carboxylic acids is 5. The molecule has 8 rings (SSSR count). The molecule has 67 heavy (non-hydrogen) atoms. The fraction of sp³-hybridized carbons (Fsp3) is 0.571. The number of anilines is 2. The van der Waals surface area contributed by atoms with Gasteiger partial charge in [-0.2, -0.15) is 0 Å². The Morgan fingerprint density at radius 3 is 2.25 bits per heavy atom. The molecular weight excluding hydrogens is 875 g/mol. The van der Waals surface area contributed by atoms with Crippen LogP contribution in [0.15, 0.2) is 55.0 Å². The molecule has 3 aromatic rings. The summed E-state index contributed by atoms with van der Waals surface area (Å²) in [6.45, 7) is 6.24. The minimum Gasteiger partial charge on any atom is -0.451 e. The Hall–Kier alpha value is -5.46. The predicted molar refractivity (Wildman–Crippen MR) is 253 cm³/mol. The molecule has 360 valence electrons. The summed E-state index contributed by atoms with van der Waals surface area (Å²) < 4.78 is 32.5. The SMILES string of the molecule is CS(=O)(=O)NC1CCC(CN2CCC3(CC2)CN(c2ncncc2Oc2ccccc2C(=O)NCCCCCCCCCCNc2cccc4c2C(=O)N(C2CCC(=O)NC2=O)C4=O)C3)CC1. The van der Waals surface area contributed by atoms with Gasteiger partial charge in [0.1, 0.15) is 18.1 Å². The van der Waals surface area contributed by atoms with E-state index in [-0.39, 0.29) is 41.3 Å². The van der Waals surface area contributed by atoms with Crippen molar-refractivity contribution in [2.75, 3.05) is 62.3 Å². The van der Waals surface area contributed by atoms with Gasteiger partial charge in [0, 0.05) is 56.3 Å². The maximum atomic E-state index is 13.4. The number of benzene rings is 2. The number of rotatable bonds is 21. The number of hydrogen-bond donors (Lipinski definition) is 4. The largest absolute Gasteiger partial charge is 0.451 e. The van der Waals surface area contributed by atoms with E-state index in [0.717, 1.165) is 133 Å². The van der Waals surface area contributed by atoms with E-state index in [9.17, 15) is 32.4 Å². The Labute approximate surface area is 393 Å². The average molecular weight is 940 g/mol. The normalized spacial score (nSPS) is 21.8. The molecule has 4 fully saturated rings. The van der Waals surface area contributed by atoms with Crippen molar-refractivity contribution in [3.8, 4) is 11.5 Å². The molecule has 1 spiro atoms. The number of para-hydroxylation sites is 1. The van der Waals surface area contributed by atoms with Crippen LogP contribution >= 0.6 is 0 Å². The van der Waals surface area contributed by atoms with Crippen molar-refractivity contribution in [1.29, 1.82) is 0 Å². The lowest BCUT2D eigenvalue weighted by atomic mass is 9.71. The van der Waals surface area contributed by atoms with Crippen LogP contribution < -0.4 is 30.3 Å². The monoisotopic (exact) mass is 939 g/mol. The van der Waals surface area contributed by atoms with Gasteiger partial charge in [0.2, 0.25) is 21.8 Å². The third-order valence-corrected chi connectivity index (χ3v) is 15.0. The molecule has 4 aliphatic heterocycles. The Kier molecular flexibility index (Phi) is 15.5. The number of hydrogen-bond acceptors (Lipinski definition) is 13. The lowest BCUT2D eigenvalue weighted by Crippen LogP contribution is -2.61. The number of nitrogens with one attached hydrogen (secondary N) is 4. The number of nitrogens with zero attached hydrogens (tertiary/aromatic N) is 5. The molecule has 5 heterocycles. The number of imide groups is 2. The summed E-state index contributed by atoms with van der Waals surface area (Å²) in [5.74, 6) is 0.124. The summed E-state index contributed by atoms with van der Waals surface area (Å²) in [5.41, 5.74) is 1.84. The average Bonchev–Trinajstić information content (AvgIpc) is 3.55. The van der Waals surface area contributed by atoms with Gasteiger partial charge in [-0.1, -0.05) is 56.7 Å². The van der Waals surface area contributed by atoms with Crippen molar-refractivity contribution in [1.82, 2.24) is 35.1 Å². The number of piperidine rings is 2. The van der Waals surface area contributed by atoms with Gasteiger partial charge < -0.3 is 25.2 Å². The number of likely N-dealkylation sites (tertiary alicyclic amines) is 1. The summed E-state index contributed by atoms with van der Waals surface area (Å²) in [6, 6.07) is 11.5. The van der Waals surface area contributed by atoms with Crippen LogP contribution in [0.2, 0.25) is 0 Å². The van der Waals surface area contributed by atoms with Crippen molar-refractivity contribution in [2.24, 2.45) is 11.3 Å². The smallest absolute Gasteiger partial charge is 0.264 e. The first-order valence-corrected chi connectivity index (χ1v) is 26.1. The molecule has 1 atom stereocenters. The molecule has 1 aliphatic carbocycles. The van der Waals surface area contributed by atoms with E-state index >= 15 is 0 Å². The zero-order valence-electron chi connectivity index (χ0n) is 38.6. The first-order chi connectivity index (χ1) is 32.4. The van der Waals surface area contributed by atoms with Gasteiger partial charge >= 0.3 is 0 Å². The number of fused-ring (bicyclic) bond motifs is 1. The second-order valence-electron chi connectivity index (χ2n) is 19.3. The zero-order valence-corrected chi connectivity index (χ0v) is 39.4. The van der Waals surface area contributed by atoms with Gasteiger partial charge in [0.15, 0.2) is 11.6 Å². The van der Waals surface area contributed by atoms with Crippen LogP contribution in [0, 0.1) is 11.3 Å². The molecule has 0 radical (unpaired) electrons. The summed E-state index contributed by atoms with van der Waals surface area (Å²) in [4.78, 5) is 78.6. The van der Waals surface area contributed by atoms with E-state index in [1.54, 1.807) is 42.9 Å².